The lowest BCUT2D eigenvalue weighted by molar-refractivity contribution is -0.135. The highest BCUT2D eigenvalue weighted by Crippen LogP contribution is 2.17. The molecule has 0 spiro atoms. The lowest BCUT2D eigenvalue weighted by atomic mass is 10.0. The Hall–Kier alpha value is -2.66. The van der Waals surface area contributed by atoms with Gasteiger partial charge in [0.15, 0.2) is 12.4 Å². The van der Waals surface area contributed by atoms with Crippen molar-refractivity contribution in [3.8, 4) is 5.75 Å². The fourth-order valence-electron chi connectivity index (χ4n) is 3.94. The highest BCUT2D eigenvalue weighted by atomic mass is 16.5. The van der Waals surface area contributed by atoms with Gasteiger partial charge in [0.25, 0.3) is 5.91 Å². The summed E-state index contributed by atoms with van der Waals surface area (Å²) in [5.74, 6) is 0.609. The van der Waals surface area contributed by atoms with E-state index in [1.165, 1.54) is 12.5 Å². The number of ether oxygens (including phenoxy) is 1. The molecule has 0 aromatic heterocycles. The number of ketones is 1. The number of Topliss-reactive ketones (excluding diaryl/α,β-unsaturated/α-hetero) is 1. The van der Waals surface area contributed by atoms with Crippen molar-refractivity contribution >= 4 is 11.7 Å². The van der Waals surface area contributed by atoms with Crippen molar-refractivity contribution in [2.24, 2.45) is 0 Å². The lowest BCUT2D eigenvalue weighted by Crippen LogP contribution is -2.49. The summed E-state index contributed by atoms with van der Waals surface area (Å²) >= 11 is 0. The summed E-state index contributed by atoms with van der Waals surface area (Å²) in [4.78, 5) is 28.3. The predicted octanol–water partition coefficient (Wildman–Crippen LogP) is 3.82. The molecule has 1 saturated heterocycles. The van der Waals surface area contributed by atoms with E-state index in [1.807, 2.05) is 11.9 Å². The number of hydrogen-bond donors (Lipinski definition) is 0. The van der Waals surface area contributed by atoms with Crippen molar-refractivity contribution in [2.75, 3.05) is 33.3 Å². The van der Waals surface area contributed by atoms with E-state index in [1.54, 1.807) is 24.3 Å². The Morgan fingerprint density at radius 1 is 1.10 bits per heavy atom. The normalized spacial score (nSPS) is 16.8. The third kappa shape index (κ3) is 6.42. The van der Waals surface area contributed by atoms with Gasteiger partial charge in [-0.3, -0.25) is 9.59 Å². The van der Waals surface area contributed by atoms with Crippen molar-refractivity contribution in [1.82, 2.24) is 9.80 Å². The van der Waals surface area contributed by atoms with Gasteiger partial charge in [-0.2, -0.15) is 0 Å². The topological polar surface area (TPSA) is 49.9 Å². The summed E-state index contributed by atoms with van der Waals surface area (Å²) in [5, 5.41) is 0. The van der Waals surface area contributed by atoms with Crippen molar-refractivity contribution < 1.29 is 14.3 Å². The zero-order valence-electron chi connectivity index (χ0n) is 18.0. The molecular formula is C25H32N2O3. The number of likely N-dealkylation sites (N-methyl/N-ethyl adjacent to an activating group) is 1. The van der Waals surface area contributed by atoms with Crippen LogP contribution in [0, 0.1) is 0 Å². The summed E-state index contributed by atoms with van der Waals surface area (Å²) in [5.41, 5.74) is 2.02. The van der Waals surface area contributed by atoms with E-state index < -0.39 is 0 Å². The van der Waals surface area contributed by atoms with Crippen LogP contribution < -0.4 is 4.74 Å². The highest BCUT2D eigenvalue weighted by molar-refractivity contribution is 5.94. The second kappa shape index (κ2) is 10.9. The average molecular weight is 409 g/mol. The first kappa shape index (κ1) is 22.0. The summed E-state index contributed by atoms with van der Waals surface area (Å²) in [6.07, 6.45) is 4.37. The van der Waals surface area contributed by atoms with Gasteiger partial charge in [0.2, 0.25) is 0 Å². The number of benzene rings is 2. The molecule has 1 atom stereocenters. The number of nitrogens with zero attached hydrogens (tertiary/aromatic N) is 2. The second-order valence-electron chi connectivity index (χ2n) is 8.06. The Labute approximate surface area is 179 Å². The van der Waals surface area contributed by atoms with Gasteiger partial charge in [-0.1, -0.05) is 30.3 Å². The Morgan fingerprint density at radius 3 is 2.53 bits per heavy atom. The van der Waals surface area contributed by atoms with Crippen LogP contribution in [0.5, 0.6) is 5.75 Å². The first-order valence-electron chi connectivity index (χ1n) is 10.8. The molecule has 1 heterocycles. The number of amides is 1. The molecule has 3 rings (SSSR count). The average Bonchev–Trinajstić information content (AvgIpc) is 2.78. The molecule has 0 aliphatic carbocycles. The Morgan fingerprint density at radius 2 is 1.83 bits per heavy atom. The van der Waals surface area contributed by atoms with Gasteiger partial charge in [-0.25, -0.2) is 0 Å². The lowest BCUT2D eigenvalue weighted by Gasteiger charge is -2.37. The van der Waals surface area contributed by atoms with Crippen molar-refractivity contribution in [1.29, 1.82) is 0 Å². The summed E-state index contributed by atoms with van der Waals surface area (Å²) in [6, 6.07) is 17.7. The van der Waals surface area contributed by atoms with Crippen LogP contribution in [0.2, 0.25) is 0 Å². The molecule has 30 heavy (non-hydrogen) atoms. The molecule has 160 valence electrons. The molecule has 2 aromatic rings. The smallest absolute Gasteiger partial charge is 0.260 e. The number of carbonyl (C=O) groups is 2. The van der Waals surface area contributed by atoms with Crippen LogP contribution in [0.15, 0.2) is 54.6 Å². The van der Waals surface area contributed by atoms with Gasteiger partial charge in [-0.15, -0.1) is 0 Å². The number of hydrogen-bond acceptors (Lipinski definition) is 4. The molecule has 1 amide bonds. The number of aryl methyl sites for hydroxylation is 1. The number of piperidine rings is 1. The zero-order valence-corrected chi connectivity index (χ0v) is 18.0. The number of rotatable bonds is 9. The summed E-state index contributed by atoms with van der Waals surface area (Å²) < 4.78 is 5.64. The molecule has 5 heteroatoms. The fraction of sp³-hybridized carbons (Fsp3) is 0.440. The van der Waals surface area contributed by atoms with Crippen LogP contribution in [0.1, 0.15) is 42.1 Å². The van der Waals surface area contributed by atoms with E-state index in [9.17, 15) is 9.59 Å². The monoisotopic (exact) mass is 408 g/mol. The maximum atomic E-state index is 12.6. The van der Waals surface area contributed by atoms with Gasteiger partial charge >= 0.3 is 0 Å². The molecule has 0 N–H and O–H groups in total. The first-order valence-corrected chi connectivity index (χ1v) is 10.8. The minimum absolute atomic E-state index is 0.0122. The molecule has 5 nitrogen and oxygen atoms in total. The Kier molecular flexibility index (Phi) is 8.03. The van der Waals surface area contributed by atoms with E-state index in [-0.39, 0.29) is 24.3 Å². The summed E-state index contributed by atoms with van der Waals surface area (Å²) in [6.45, 7) is 4.63. The maximum Gasteiger partial charge on any atom is 0.260 e. The quantitative estimate of drug-likeness (QED) is 0.592. The second-order valence-corrected chi connectivity index (χ2v) is 8.06. The molecule has 0 bridgehead atoms. The van der Waals surface area contributed by atoms with Crippen LogP contribution >= 0.6 is 0 Å². The zero-order chi connectivity index (χ0) is 21.3. The van der Waals surface area contributed by atoms with Gasteiger partial charge < -0.3 is 14.5 Å². The molecule has 1 aliphatic rings. The van der Waals surface area contributed by atoms with Crippen molar-refractivity contribution in [2.45, 2.75) is 38.6 Å². The van der Waals surface area contributed by atoms with Gasteiger partial charge in [0, 0.05) is 25.2 Å². The maximum absolute atomic E-state index is 12.6. The van der Waals surface area contributed by atoms with Crippen LogP contribution in [0.4, 0.5) is 0 Å². The van der Waals surface area contributed by atoms with E-state index in [0.29, 0.717) is 11.3 Å². The predicted molar refractivity (Wildman–Crippen MR) is 119 cm³/mol. The van der Waals surface area contributed by atoms with E-state index >= 15 is 0 Å². The molecule has 0 saturated carbocycles. The van der Waals surface area contributed by atoms with E-state index in [2.05, 4.69) is 35.2 Å². The van der Waals surface area contributed by atoms with Gasteiger partial charge in [0.05, 0.1) is 0 Å². The minimum Gasteiger partial charge on any atom is -0.484 e. The van der Waals surface area contributed by atoms with Crippen LogP contribution in [0.3, 0.4) is 0 Å². The largest absolute Gasteiger partial charge is 0.484 e. The molecule has 0 radical (unpaired) electrons. The van der Waals surface area contributed by atoms with E-state index in [4.69, 9.17) is 4.74 Å². The van der Waals surface area contributed by atoms with Gasteiger partial charge in [-0.05, 0) is 75.5 Å². The minimum atomic E-state index is -0.0122. The first-order chi connectivity index (χ1) is 14.5. The van der Waals surface area contributed by atoms with Crippen LogP contribution in [-0.4, -0.2) is 60.8 Å². The van der Waals surface area contributed by atoms with Crippen molar-refractivity contribution in [3.05, 3.63) is 65.7 Å². The van der Waals surface area contributed by atoms with Gasteiger partial charge in [0.1, 0.15) is 5.75 Å². The van der Waals surface area contributed by atoms with Crippen LogP contribution in [0.25, 0.3) is 0 Å². The molecule has 1 fully saturated rings. The Balaban J connectivity index is 1.42. The highest BCUT2D eigenvalue weighted by Gasteiger charge is 2.26. The molecular weight excluding hydrogens is 376 g/mol. The fourth-order valence-corrected chi connectivity index (χ4v) is 3.94. The molecule has 2 aromatic carbocycles. The summed E-state index contributed by atoms with van der Waals surface area (Å²) in [7, 11) is 1.88. The number of likely N-dealkylation sites (tertiary alicyclic amines) is 1. The third-order valence-corrected chi connectivity index (χ3v) is 5.83. The molecule has 1 unspecified atom stereocenters. The van der Waals surface area contributed by atoms with Crippen molar-refractivity contribution in [3.63, 3.8) is 0 Å². The third-order valence-electron chi connectivity index (χ3n) is 5.83. The van der Waals surface area contributed by atoms with E-state index in [0.717, 1.165) is 45.3 Å². The Bertz CT molecular complexity index is 820. The SMILES string of the molecule is CC(=O)c1ccc(OCC(=O)N(C)C2CCCN(CCCc3ccccc3)C2)cc1. The number of carbonyl (C=O) groups excluding carboxylic acids is 2. The van der Waals surface area contributed by atoms with Crippen LogP contribution in [-0.2, 0) is 11.2 Å². The molecule has 1 aliphatic heterocycles. The standard InChI is InChI=1S/C25H32N2O3/c1-20(28)22-12-14-24(15-13-22)30-19-25(29)26(2)23-11-7-17-27(18-23)16-6-10-21-8-4-3-5-9-21/h3-5,8-9,12-15,23H,6-7,10-11,16-19H2,1-2H3.